The molecule has 0 heterocycles. The van der Waals surface area contributed by atoms with Gasteiger partial charge in [-0.15, -0.1) is 6.58 Å². The van der Waals surface area contributed by atoms with Crippen molar-refractivity contribution in [1.82, 2.24) is 0 Å². The fourth-order valence-corrected chi connectivity index (χ4v) is 5.19. The SMILES string of the molecule is C=C[C@H](CC/C=N\OC)[Si](C)(C)c1ccccc1. The van der Waals surface area contributed by atoms with Crippen molar-refractivity contribution in [3.05, 3.63) is 43.0 Å². The number of hydrogen-bond acceptors (Lipinski definition) is 2. The third-order valence-corrected chi connectivity index (χ3v) is 7.72. The maximum Gasteiger partial charge on any atom is 0.106 e. The van der Waals surface area contributed by atoms with Gasteiger partial charge in [0, 0.05) is 6.21 Å². The Morgan fingerprint density at radius 3 is 2.56 bits per heavy atom. The minimum Gasteiger partial charge on any atom is -0.399 e. The molecule has 0 aliphatic rings. The summed E-state index contributed by atoms with van der Waals surface area (Å²) in [6, 6.07) is 10.8. The number of allylic oxidation sites excluding steroid dienone is 1. The lowest BCUT2D eigenvalue weighted by atomic mass is 10.2. The van der Waals surface area contributed by atoms with Crippen molar-refractivity contribution >= 4 is 19.5 Å². The number of benzene rings is 1. The zero-order valence-corrected chi connectivity index (χ0v) is 12.6. The summed E-state index contributed by atoms with van der Waals surface area (Å²) in [6.45, 7) is 8.82. The van der Waals surface area contributed by atoms with E-state index >= 15 is 0 Å². The lowest BCUT2D eigenvalue weighted by Crippen LogP contribution is -2.45. The first-order chi connectivity index (χ1) is 8.62. The molecule has 0 fully saturated rings. The molecular formula is C15H23NOSi. The first-order valence-electron chi connectivity index (χ1n) is 6.36. The van der Waals surface area contributed by atoms with E-state index in [0.29, 0.717) is 5.54 Å². The van der Waals surface area contributed by atoms with Crippen LogP contribution in [0.4, 0.5) is 0 Å². The fraction of sp³-hybridized carbons (Fsp3) is 0.400. The summed E-state index contributed by atoms with van der Waals surface area (Å²) in [7, 11) is 0.0840. The van der Waals surface area contributed by atoms with Crippen LogP contribution in [0.1, 0.15) is 12.8 Å². The second-order valence-corrected chi connectivity index (χ2v) is 9.74. The van der Waals surface area contributed by atoms with Crippen molar-refractivity contribution in [2.45, 2.75) is 31.5 Å². The van der Waals surface area contributed by atoms with Gasteiger partial charge in [-0.1, -0.05) is 59.8 Å². The van der Waals surface area contributed by atoms with Gasteiger partial charge in [0.05, 0.1) is 8.07 Å². The number of hydrogen-bond donors (Lipinski definition) is 0. The van der Waals surface area contributed by atoms with Gasteiger partial charge in [-0.05, 0) is 18.4 Å². The zero-order valence-electron chi connectivity index (χ0n) is 11.6. The van der Waals surface area contributed by atoms with E-state index < -0.39 is 8.07 Å². The predicted octanol–water partition coefficient (Wildman–Crippen LogP) is 3.57. The molecule has 0 unspecified atom stereocenters. The fourth-order valence-electron chi connectivity index (χ4n) is 2.24. The van der Waals surface area contributed by atoms with Crippen molar-refractivity contribution < 1.29 is 4.84 Å². The Morgan fingerprint density at radius 2 is 2.00 bits per heavy atom. The summed E-state index contributed by atoms with van der Waals surface area (Å²) in [5.41, 5.74) is 0.559. The van der Waals surface area contributed by atoms with E-state index in [2.05, 4.69) is 66.1 Å². The first kappa shape index (κ1) is 14.7. The van der Waals surface area contributed by atoms with Gasteiger partial charge in [0.2, 0.25) is 0 Å². The van der Waals surface area contributed by atoms with Gasteiger partial charge in [-0.25, -0.2) is 0 Å². The van der Waals surface area contributed by atoms with Crippen LogP contribution in [0, 0.1) is 0 Å². The second kappa shape index (κ2) is 7.16. The van der Waals surface area contributed by atoms with Crippen LogP contribution < -0.4 is 5.19 Å². The molecule has 1 atom stereocenters. The first-order valence-corrected chi connectivity index (χ1v) is 9.43. The van der Waals surface area contributed by atoms with Crippen molar-refractivity contribution in [2.75, 3.05) is 7.11 Å². The molecule has 1 aromatic carbocycles. The van der Waals surface area contributed by atoms with Crippen molar-refractivity contribution in [1.29, 1.82) is 0 Å². The quantitative estimate of drug-likeness (QED) is 0.318. The highest BCUT2D eigenvalue weighted by molar-refractivity contribution is 6.91. The summed E-state index contributed by atoms with van der Waals surface area (Å²) in [6.07, 6.45) is 5.98. The molecule has 0 aromatic heterocycles. The van der Waals surface area contributed by atoms with Gasteiger partial charge in [0.1, 0.15) is 7.11 Å². The summed E-state index contributed by atoms with van der Waals surface area (Å²) >= 11 is 0. The molecule has 0 saturated carbocycles. The molecule has 1 aromatic rings. The van der Waals surface area contributed by atoms with E-state index in [1.165, 1.54) is 5.19 Å². The summed E-state index contributed by atoms with van der Waals surface area (Å²) in [5.74, 6) is 0. The summed E-state index contributed by atoms with van der Waals surface area (Å²) in [4.78, 5) is 4.68. The Morgan fingerprint density at radius 1 is 1.33 bits per heavy atom. The van der Waals surface area contributed by atoms with Crippen LogP contribution >= 0.6 is 0 Å². The molecule has 0 aliphatic heterocycles. The van der Waals surface area contributed by atoms with Gasteiger partial charge >= 0.3 is 0 Å². The Balaban J connectivity index is 2.74. The smallest absolute Gasteiger partial charge is 0.106 e. The van der Waals surface area contributed by atoms with E-state index in [1.54, 1.807) is 7.11 Å². The molecule has 0 spiro atoms. The number of oxime groups is 1. The third kappa shape index (κ3) is 3.84. The molecule has 0 radical (unpaired) electrons. The van der Waals surface area contributed by atoms with Crippen LogP contribution in [0.5, 0.6) is 0 Å². The van der Waals surface area contributed by atoms with Crippen LogP contribution in [0.2, 0.25) is 18.6 Å². The van der Waals surface area contributed by atoms with Crippen molar-refractivity contribution in [2.24, 2.45) is 5.16 Å². The molecule has 0 saturated heterocycles. The molecule has 3 heteroatoms. The zero-order chi connectivity index (χ0) is 13.4. The maximum atomic E-state index is 4.68. The van der Waals surface area contributed by atoms with Gasteiger partial charge in [-0.3, -0.25) is 0 Å². The maximum absolute atomic E-state index is 4.68. The lowest BCUT2D eigenvalue weighted by molar-refractivity contribution is 0.214. The monoisotopic (exact) mass is 261 g/mol. The van der Waals surface area contributed by atoms with Crippen molar-refractivity contribution in [3.8, 4) is 0 Å². The Kier molecular flexibility index (Phi) is 5.85. The number of rotatable bonds is 7. The van der Waals surface area contributed by atoms with Crippen LogP contribution in [-0.2, 0) is 4.84 Å². The van der Waals surface area contributed by atoms with Gasteiger partial charge in [0.15, 0.2) is 0 Å². The van der Waals surface area contributed by atoms with E-state index in [1.807, 2.05) is 6.21 Å². The average Bonchev–Trinajstić information content (AvgIpc) is 2.39. The van der Waals surface area contributed by atoms with Crippen LogP contribution in [0.3, 0.4) is 0 Å². The summed E-state index contributed by atoms with van der Waals surface area (Å²) < 4.78 is 0. The minimum atomic E-state index is -1.49. The molecule has 98 valence electrons. The molecule has 1 rings (SSSR count). The molecule has 2 nitrogen and oxygen atoms in total. The van der Waals surface area contributed by atoms with E-state index in [0.717, 1.165) is 12.8 Å². The second-order valence-electron chi connectivity index (χ2n) is 4.98. The highest BCUT2D eigenvalue weighted by Gasteiger charge is 2.30. The Hall–Kier alpha value is -1.35. The van der Waals surface area contributed by atoms with E-state index in [4.69, 9.17) is 0 Å². The molecule has 0 bridgehead atoms. The van der Waals surface area contributed by atoms with Crippen LogP contribution in [0.15, 0.2) is 48.1 Å². The normalized spacial score (nSPS) is 13.5. The predicted molar refractivity (Wildman–Crippen MR) is 82.2 cm³/mol. The molecule has 18 heavy (non-hydrogen) atoms. The van der Waals surface area contributed by atoms with E-state index in [-0.39, 0.29) is 0 Å². The highest BCUT2D eigenvalue weighted by atomic mass is 28.3. The van der Waals surface area contributed by atoms with Crippen LogP contribution in [-0.4, -0.2) is 21.4 Å². The Labute approximate surface area is 111 Å². The van der Waals surface area contributed by atoms with Gasteiger partial charge in [-0.2, -0.15) is 0 Å². The summed E-state index contributed by atoms with van der Waals surface area (Å²) in [5, 5.41) is 5.27. The minimum absolute atomic E-state index is 0.559. The number of nitrogens with zero attached hydrogens (tertiary/aromatic N) is 1. The highest BCUT2D eigenvalue weighted by Crippen LogP contribution is 2.27. The largest absolute Gasteiger partial charge is 0.399 e. The lowest BCUT2D eigenvalue weighted by Gasteiger charge is -2.30. The standard InChI is InChI=1S/C15H23NOSi/c1-5-14(12-9-13-16-17-2)18(3,4)15-10-7-6-8-11-15/h5-8,10-11,13-14H,1,9,12H2,2-4H3/b16-13-/t14-/m1/s1. The topological polar surface area (TPSA) is 21.6 Å². The third-order valence-electron chi connectivity index (χ3n) is 3.52. The van der Waals surface area contributed by atoms with Crippen molar-refractivity contribution in [3.63, 3.8) is 0 Å². The van der Waals surface area contributed by atoms with Crippen LogP contribution in [0.25, 0.3) is 0 Å². The molecular weight excluding hydrogens is 238 g/mol. The van der Waals surface area contributed by atoms with Gasteiger partial charge < -0.3 is 4.84 Å². The van der Waals surface area contributed by atoms with E-state index in [9.17, 15) is 0 Å². The van der Waals surface area contributed by atoms with Gasteiger partial charge in [0.25, 0.3) is 0 Å². The molecule has 0 amide bonds. The average molecular weight is 261 g/mol. The molecule has 0 aliphatic carbocycles. The Bertz CT molecular complexity index is 387. The molecule has 0 N–H and O–H groups in total.